The maximum Gasteiger partial charge on any atom is 0.175 e. The van der Waals surface area contributed by atoms with Gasteiger partial charge in [-0.2, -0.15) is 0 Å². The quantitative estimate of drug-likeness (QED) is 0.172. The lowest BCUT2D eigenvalue weighted by Crippen LogP contribution is -2.27. The van der Waals surface area contributed by atoms with Gasteiger partial charge in [-0.05, 0) is 105 Å². The molecule has 1 spiro atoms. The molecule has 12 aromatic rings. The van der Waals surface area contributed by atoms with Crippen LogP contribution in [0, 0.1) is 0 Å². The maximum atomic E-state index is 6.95. The van der Waals surface area contributed by atoms with Crippen LogP contribution >= 0.6 is 0 Å². The molecular formula is C64H38N4O2. The Labute approximate surface area is 403 Å². The number of benzene rings is 10. The molecule has 3 heterocycles. The van der Waals surface area contributed by atoms with E-state index in [0.29, 0.717) is 23.2 Å². The van der Waals surface area contributed by atoms with E-state index in [1.165, 1.54) is 44.2 Å². The molecule has 0 atom stereocenters. The number of hydrogen-bond acceptors (Lipinski definition) is 5. The molecule has 0 saturated carbocycles. The summed E-state index contributed by atoms with van der Waals surface area (Å²) in [6.07, 6.45) is 0. The van der Waals surface area contributed by atoms with Gasteiger partial charge in [-0.3, -0.25) is 0 Å². The van der Waals surface area contributed by atoms with Crippen LogP contribution in [0.4, 0.5) is 0 Å². The number of hydrogen-bond donors (Lipinski definition) is 0. The lowest BCUT2D eigenvalue weighted by Gasteiger charge is -2.33. The summed E-state index contributed by atoms with van der Waals surface area (Å²) in [6, 6.07) is 81.4. The molecule has 0 radical (unpaired) electrons. The number of ether oxygens (including phenoxy) is 2. The Kier molecular flexibility index (Phi) is 8.18. The summed E-state index contributed by atoms with van der Waals surface area (Å²) in [5.74, 6) is 4.81. The van der Waals surface area contributed by atoms with Gasteiger partial charge in [-0.15, -0.1) is 0 Å². The third-order valence-electron chi connectivity index (χ3n) is 14.5. The largest absolute Gasteiger partial charge is 0.450 e. The molecular weight excluding hydrogens is 857 g/mol. The van der Waals surface area contributed by atoms with Gasteiger partial charge in [-0.1, -0.05) is 176 Å². The third kappa shape index (κ3) is 5.53. The van der Waals surface area contributed by atoms with Gasteiger partial charge in [0, 0.05) is 38.7 Å². The zero-order valence-electron chi connectivity index (χ0n) is 37.5. The predicted octanol–water partition coefficient (Wildman–Crippen LogP) is 15.9. The zero-order chi connectivity index (χ0) is 45.9. The molecule has 2 aliphatic carbocycles. The molecule has 70 heavy (non-hydrogen) atoms. The van der Waals surface area contributed by atoms with Crippen LogP contribution in [0.2, 0.25) is 0 Å². The van der Waals surface area contributed by atoms with Crippen molar-refractivity contribution >= 4 is 21.8 Å². The Balaban J connectivity index is 0.891. The number of fused-ring (bicyclic) bond motifs is 16. The molecule has 0 bridgehead atoms. The Morgan fingerprint density at radius 3 is 1.60 bits per heavy atom. The highest BCUT2D eigenvalue weighted by molar-refractivity contribution is 6.11. The molecule has 1 aliphatic heterocycles. The van der Waals surface area contributed by atoms with Crippen molar-refractivity contribution < 1.29 is 9.47 Å². The van der Waals surface area contributed by atoms with E-state index in [1.807, 2.05) is 84.9 Å². The second kappa shape index (κ2) is 14.8. The van der Waals surface area contributed by atoms with Gasteiger partial charge in [0.2, 0.25) is 0 Å². The van der Waals surface area contributed by atoms with Gasteiger partial charge in [0.15, 0.2) is 40.5 Å². The van der Waals surface area contributed by atoms with Crippen LogP contribution in [0.3, 0.4) is 0 Å². The minimum absolute atomic E-state index is 0.617. The van der Waals surface area contributed by atoms with Crippen LogP contribution < -0.4 is 9.47 Å². The van der Waals surface area contributed by atoms with Crippen molar-refractivity contribution in [2.24, 2.45) is 0 Å². The molecule has 10 aromatic carbocycles. The van der Waals surface area contributed by atoms with Crippen molar-refractivity contribution in [3.8, 4) is 96.2 Å². The Hall–Kier alpha value is -9.39. The first-order valence-corrected chi connectivity index (χ1v) is 23.7. The van der Waals surface area contributed by atoms with Crippen LogP contribution in [0.25, 0.3) is 95.0 Å². The first-order valence-electron chi connectivity index (χ1n) is 23.7. The molecule has 6 heteroatoms. The van der Waals surface area contributed by atoms with Gasteiger partial charge in [0.25, 0.3) is 0 Å². The first-order chi connectivity index (χ1) is 34.7. The summed E-state index contributed by atoms with van der Waals surface area (Å²) in [5, 5.41) is 2.35. The summed E-state index contributed by atoms with van der Waals surface area (Å²) in [7, 11) is 0. The summed E-state index contributed by atoms with van der Waals surface area (Å²) >= 11 is 0. The highest BCUT2D eigenvalue weighted by Crippen LogP contribution is 2.67. The minimum atomic E-state index is -0.651. The summed E-state index contributed by atoms with van der Waals surface area (Å²) in [4.78, 5) is 15.1. The zero-order valence-corrected chi connectivity index (χ0v) is 37.5. The van der Waals surface area contributed by atoms with Crippen LogP contribution in [0.15, 0.2) is 231 Å². The number of aromatic nitrogens is 4. The average molecular weight is 895 g/mol. The molecule has 0 saturated heterocycles. The summed E-state index contributed by atoms with van der Waals surface area (Å²) in [6.45, 7) is 0. The fourth-order valence-electron chi connectivity index (χ4n) is 11.5. The van der Waals surface area contributed by atoms with Crippen molar-refractivity contribution in [1.29, 1.82) is 0 Å². The Morgan fingerprint density at radius 1 is 0.329 bits per heavy atom. The van der Waals surface area contributed by atoms with E-state index in [0.717, 1.165) is 72.9 Å². The maximum absolute atomic E-state index is 6.95. The second-order valence-electron chi connectivity index (χ2n) is 18.2. The average Bonchev–Trinajstić information content (AvgIpc) is 4.05. The van der Waals surface area contributed by atoms with Gasteiger partial charge in [0.05, 0.1) is 16.4 Å². The molecule has 0 unspecified atom stereocenters. The van der Waals surface area contributed by atoms with Gasteiger partial charge < -0.3 is 14.0 Å². The third-order valence-corrected chi connectivity index (χ3v) is 14.5. The van der Waals surface area contributed by atoms with Crippen molar-refractivity contribution in [2.45, 2.75) is 5.41 Å². The van der Waals surface area contributed by atoms with E-state index in [1.54, 1.807) is 0 Å². The Morgan fingerprint density at radius 2 is 0.871 bits per heavy atom. The van der Waals surface area contributed by atoms with E-state index in [-0.39, 0.29) is 0 Å². The lowest BCUT2D eigenvalue weighted by molar-refractivity contribution is 0.354. The molecule has 15 rings (SSSR count). The first kappa shape index (κ1) is 38.7. The smallest absolute Gasteiger partial charge is 0.175 e. The normalized spacial score (nSPS) is 13.2. The molecule has 326 valence electrons. The highest BCUT2D eigenvalue weighted by Gasteiger charge is 2.54. The standard InChI is InChI=1S/C64H38N4O2/c1-3-16-39(17-4-1)61-65-62(40-18-5-2-6-19-40)67-63(66-61)43-20-15-21-44(36-43)68-54-27-12-9-24-48(54)50-37-41(31-34-55(50)68)42-30-32-47-49-33-35-58-60(70-57-29-14-13-28-56(57)69-58)59(49)64(53(47)38-42)51-25-10-7-22-45(51)46-23-8-11-26-52(46)64/h1-38H. The topological polar surface area (TPSA) is 62.1 Å². The van der Waals surface area contributed by atoms with Gasteiger partial charge in [-0.25, -0.2) is 15.0 Å². The lowest BCUT2D eigenvalue weighted by atomic mass is 9.70. The highest BCUT2D eigenvalue weighted by atomic mass is 16.6. The molecule has 6 nitrogen and oxygen atoms in total. The van der Waals surface area contributed by atoms with Crippen molar-refractivity contribution in [3.63, 3.8) is 0 Å². The number of nitrogens with zero attached hydrogens (tertiary/aromatic N) is 4. The predicted molar refractivity (Wildman–Crippen MR) is 279 cm³/mol. The van der Waals surface area contributed by atoms with E-state index < -0.39 is 5.41 Å². The van der Waals surface area contributed by atoms with Crippen LogP contribution in [0.1, 0.15) is 22.3 Å². The molecule has 0 N–H and O–H groups in total. The van der Waals surface area contributed by atoms with Crippen LogP contribution in [-0.2, 0) is 5.41 Å². The van der Waals surface area contributed by atoms with Crippen molar-refractivity contribution in [2.75, 3.05) is 0 Å². The SMILES string of the molecule is c1ccc(-c2nc(-c3ccccc3)nc(-c3cccc(-n4c5ccccc5c5cc(-c6ccc7c(c6)C6(c8ccccc8-c8ccccc86)c6c-7ccc7c6Oc6ccccc6O7)ccc54)c3)n2)cc1. The number of rotatable bonds is 5. The van der Waals surface area contributed by atoms with Crippen LogP contribution in [-0.4, -0.2) is 19.5 Å². The van der Waals surface area contributed by atoms with E-state index in [9.17, 15) is 0 Å². The molecule has 2 aromatic heterocycles. The second-order valence-corrected chi connectivity index (χ2v) is 18.2. The van der Waals surface area contributed by atoms with Gasteiger partial charge >= 0.3 is 0 Å². The molecule has 3 aliphatic rings. The summed E-state index contributed by atoms with van der Waals surface area (Å²) in [5.41, 5.74) is 17.3. The molecule has 0 fully saturated rings. The molecule has 0 amide bonds. The van der Waals surface area contributed by atoms with E-state index in [2.05, 4.69) is 150 Å². The van der Waals surface area contributed by atoms with E-state index >= 15 is 0 Å². The number of para-hydroxylation sites is 3. The minimum Gasteiger partial charge on any atom is -0.450 e. The summed E-state index contributed by atoms with van der Waals surface area (Å²) < 4.78 is 15.9. The van der Waals surface area contributed by atoms with Crippen molar-refractivity contribution in [1.82, 2.24) is 19.5 Å². The van der Waals surface area contributed by atoms with Crippen molar-refractivity contribution in [3.05, 3.63) is 253 Å². The fraction of sp³-hybridized carbons (Fsp3) is 0.0156. The van der Waals surface area contributed by atoms with E-state index in [4.69, 9.17) is 24.4 Å². The fourth-order valence-corrected chi connectivity index (χ4v) is 11.5. The monoisotopic (exact) mass is 894 g/mol. The van der Waals surface area contributed by atoms with Gasteiger partial charge in [0.1, 0.15) is 0 Å². The Bertz CT molecular complexity index is 4040. The van der Waals surface area contributed by atoms with Crippen LogP contribution in [0.5, 0.6) is 23.0 Å².